The number of halogens is 1. The predicted octanol–water partition coefficient (Wildman–Crippen LogP) is 0.289. The average Bonchev–Trinajstić information content (AvgIpc) is 1.88. The van der Waals surface area contributed by atoms with Crippen LogP contribution in [0.15, 0.2) is 0 Å². The van der Waals surface area contributed by atoms with Crippen molar-refractivity contribution in [2.45, 2.75) is 6.04 Å². The van der Waals surface area contributed by atoms with Crippen LogP contribution in [0.25, 0.3) is 0 Å². The van der Waals surface area contributed by atoms with E-state index in [1.807, 2.05) is 7.05 Å². The van der Waals surface area contributed by atoms with Gasteiger partial charge in [-0.25, -0.2) is 0 Å². The number of nitrogens with one attached hydrogen (secondary N) is 1. The maximum Gasteiger partial charge on any atom is 0.0638 e. The van der Waals surface area contributed by atoms with Gasteiger partial charge in [0.05, 0.1) is 19.3 Å². The topological polar surface area (TPSA) is 30.5 Å². The first-order chi connectivity index (χ1) is 4.35. The summed E-state index contributed by atoms with van der Waals surface area (Å²) < 4.78 is 9.81. The molecule has 0 saturated heterocycles. The lowest BCUT2D eigenvalue weighted by Gasteiger charge is -2.12. The van der Waals surface area contributed by atoms with Crippen LogP contribution in [-0.2, 0) is 9.47 Å². The van der Waals surface area contributed by atoms with Crippen LogP contribution in [0.1, 0.15) is 0 Å². The molecule has 0 aliphatic heterocycles. The van der Waals surface area contributed by atoms with Crippen LogP contribution >= 0.6 is 12.4 Å². The smallest absolute Gasteiger partial charge is 0.0638 e. The Morgan fingerprint density at radius 3 is 1.80 bits per heavy atom. The Bertz CT molecular complexity index is 57.7. The highest BCUT2D eigenvalue weighted by Crippen LogP contribution is 1.82. The van der Waals surface area contributed by atoms with E-state index in [0.717, 1.165) is 0 Å². The van der Waals surface area contributed by atoms with Crippen LogP contribution in [-0.4, -0.2) is 40.5 Å². The zero-order valence-electron chi connectivity index (χ0n) is 6.72. The van der Waals surface area contributed by atoms with Gasteiger partial charge in [-0.15, -0.1) is 12.4 Å². The van der Waals surface area contributed by atoms with Crippen molar-refractivity contribution in [1.82, 2.24) is 5.32 Å². The monoisotopic (exact) mass is 169 g/mol. The van der Waals surface area contributed by atoms with Gasteiger partial charge in [-0.3, -0.25) is 0 Å². The number of methoxy groups -OCH3 is 2. The van der Waals surface area contributed by atoms with E-state index in [0.29, 0.717) is 19.3 Å². The van der Waals surface area contributed by atoms with Gasteiger partial charge in [0.2, 0.25) is 0 Å². The summed E-state index contributed by atoms with van der Waals surface area (Å²) in [5, 5.41) is 3.05. The molecule has 0 amide bonds. The molecule has 0 unspecified atom stereocenters. The van der Waals surface area contributed by atoms with Gasteiger partial charge < -0.3 is 14.8 Å². The third-order valence-corrected chi connectivity index (χ3v) is 1.14. The molecule has 1 N–H and O–H groups in total. The number of hydrogen-bond acceptors (Lipinski definition) is 3. The number of hydrogen-bond donors (Lipinski definition) is 1. The van der Waals surface area contributed by atoms with Crippen LogP contribution in [0, 0.1) is 0 Å². The van der Waals surface area contributed by atoms with E-state index in [4.69, 9.17) is 9.47 Å². The van der Waals surface area contributed by atoms with E-state index in [2.05, 4.69) is 5.32 Å². The number of likely N-dealkylation sites (N-methyl/N-ethyl adjacent to an activating group) is 1. The first-order valence-corrected chi connectivity index (χ1v) is 3.00. The second-order valence-electron chi connectivity index (χ2n) is 1.90. The SMILES string of the molecule is CNC(COC)COC.Cl. The van der Waals surface area contributed by atoms with E-state index in [1.165, 1.54) is 0 Å². The Labute approximate surface area is 68.5 Å². The van der Waals surface area contributed by atoms with Crippen LogP contribution in [0.5, 0.6) is 0 Å². The van der Waals surface area contributed by atoms with Crippen molar-refractivity contribution in [3.05, 3.63) is 0 Å². The van der Waals surface area contributed by atoms with Crippen molar-refractivity contribution >= 4 is 12.4 Å². The van der Waals surface area contributed by atoms with Gasteiger partial charge in [0.15, 0.2) is 0 Å². The maximum absolute atomic E-state index is 4.90. The predicted molar refractivity (Wildman–Crippen MR) is 43.8 cm³/mol. The van der Waals surface area contributed by atoms with Crippen LogP contribution in [0.3, 0.4) is 0 Å². The third-order valence-electron chi connectivity index (χ3n) is 1.14. The molecule has 0 fully saturated rings. The van der Waals surface area contributed by atoms with Gasteiger partial charge in [-0.1, -0.05) is 0 Å². The largest absolute Gasteiger partial charge is 0.383 e. The van der Waals surface area contributed by atoms with Gasteiger partial charge in [0.1, 0.15) is 0 Å². The highest BCUT2D eigenvalue weighted by molar-refractivity contribution is 5.85. The van der Waals surface area contributed by atoms with Crippen molar-refractivity contribution in [3.63, 3.8) is 0 Å². The standard InChI is InChI=1S/C6H15NO2.ClH/c1-7-6(4-8-2)5-9-3;/h6-7H,4-5H2,1-3H3;1H. The lowest BCUT2D eigenvalue weighted by atomic mass is 10.3. The van der Waals surface area contributed by atoms with E-state index < -0.39 is 0 Å². The summed E-state index contributed by atoms with van der Waals surface area (Å²) in [5.74, 6) is 0. The minimum atomic E-state index is 0. The quantitative estimate of drug-likeness (QED) is 0.642. The molecule has 3 nitrogen and oxygen atoms in total. The van der Waals surface area contributed by atoms with Crippen LogP contribution in [0.2, 0.25) is 0 Å². The third kappa shape index (κ3) is 6.29. The average molecular weight is 170 g/mol. The highest BCUT2D eigenvalue weighted by atomic mass is 35.5. The van der Waals surface area contributed by atoms with E-state index in [1.54, 1.807) is 14.2 Å². The molecular formula is C6H16ClNO2. The highest BCUT2D eigenvalue weighted by Gasteiger charge is 2.01. The van der Waals surface area contributed by atoms with Gasteiger partial charge in [-0.2, -0.15) is 0 Å². The summed E-state index contributed by atoms with van der Waals surface area (Å²) in [4.78, 5) is 0. The summed E-state index contributed by atoms with van der Waals surface area (Å²) >= 11 is 0. The van der Waals surface area contributed by atoms with Crippen LogP contribution in [0.4, 0.5) is 0 Å². The van der Waals surface area contributed by atoms with Gasteiger partial charge in [-0.05, 0) is 7.05 Å². The maximum atomic E-state index is 4.90. The summed E-state index contributed by atoms with van der Waals surface area (Å²) in [6.45, 7) is 1.40. The molecule has 0 aromatic rings. The molecule has 0 rings (SSSR count). The molecule has 0 aliphatic rings. The molecule has 0 bridgehead atoms. The Hall–Kier alpha value is 0.170. The van der Waals surface area contributed by atoms with E-state index in [-0.39, 0.29) is 12.4 Å². The molecule has 0 atom stereocenters. The molecule has 0 aromatic heterocycles. The van der Waals surface area contributed by atoms with Crippen molar-refractivity contribution < 1.29 is 9.47 Å². The number of rotatable bonds is 5. The fourth-order valence-electron chi connectivity index (χ4n) is 0.617. The normalized spacial score (nSPS) is 9.60. The fourth-order valence-corrected chi connectivity index (χ4v) is 0.617. The van der Waals surface area contributed by atoms with Crippen molar-refractivity contribution in [2.75, 3.05) is 34.5 Å². The molecular weight excluding hydrogens is 154 g/mol. The van der Waals surface area contributed by atoms with Crippen LogP contribution < -0.4 is 5.32 Å². The first-order valence-electron chi connectivity index (χ1n) is 3.00. The summed E-state index contributed by atoms with van der Waals surface area (Å²) in [6.07, 6.45) is 0. The summed E-state index contributed by atoms with van der Waals surface area (Å²) in [7, 11) is 5.25. The summed E-state index contributed by atoms with van der Waals surface area (Å²) in [6, 6.07) is 0.319. The van der Waals surface area contributed by atoms with Gasteiger partial charge in [0.25, 0.3) is 0 Å². The molecule has 0 aromatic carbocycles. The van der Waals surface area contributed by atoms with Crippen molar-refractivity contribution in [2.24, 2.45) is 0 Å². The second-order valence-corrected chi connectivity index (χ2v) is 1.90. The Balaban J connectivity index is 0. The molecule has 10 heavy (non-hydrogen) atoms. The molecule has 0 aliphatic carbocycles. The molecule has 0 saturated carbocycles. The number of ether oxygens (including phenoxy) is 2. The Morgan fingerprint density at radius 2 is 1.60 bits per heavy atom. The van der Waals surface area contributed by atoms with E-state index in [9.17, 15) is 0 Å². The molecule has 0 heterocycles. The lowest BCUT2D eigenvalue weighted by Crippen LogP contribution is -2.34. The van der Waals surface area contributed by atoms with E-state index >= 15 is 0 Å². The lowest BCUT2D eigenvalue weighted by molar-refractivity contribution is 0.107. The molecule has 64 valence electrons. The zero-order chi connectivity index (χ0) is 7.11. The second kappa shape index (κ2) is 9.17. The zero-order valence-corrected chi connectivity index (χ0v) is 7.53. The van der Waals surface area contributed by atoms with Crippen molar-refractivity contribution in [3.8, 4) is 0 Å². The van der Waals surface area contributed by atoms with Gasteiger partial charge in [0, 0.05) is 14.2 Å². The van der Waals surface area contributed by atoms with Crippen molar-refractivity contribution in [1.29, 1.82) is 0 Å². The van der Waals surface area contributed by atoms with Gasteiger partial charge >= 0.3 is 0 Å². The minimum absolute atomic E-state index is 0. The Kier molecular flexibility index (Phi) is 11.7. The summed E-state index contributed by atoms with van der Waals surface area (Å²) in [5.41, 5.74) is 0. The molecule has 0 spiro atoms. The Morgan fingerprint density at radius 1 is 1.20 bits per heavy atom. The molecule has 4 heteroatoms. The molecule has 0 radical (unpaired) electrons. The minimum Gasteiger partial charge on any atom is -0.383 e. The first kappa shape index (κ1) is 12.8. The fraction of sp³-hybridized carbons (Fsp3) is 1.00.